The number of amides is 3. The third-order valence-electron chi connectivity index (χ3n) is 5.16. The third kappa shape index (κ3) is 6.95. The van der Waals surface area contributed by atoms with E-state index < -0.39 is 5.91 Å². The molecule has 0 aliphatic carbocycles. The van der Waals surface area contributed by atoms with Crippen molar-refractivity contribution < 1.29 is 28.6 Å². The highest BCUT2D eigenvalue weighted by Crippen LogP contribution is 2.28. The predicted octanol–water partition coefficient (Wildman–Crippen LogP) is 4.23. The lowest BCUT2D eigenvalue weighted by Gasteiger charge is -2.31. The minimum absolute atomic E-state index is 0.0837. The summed E-state index contributed by atoms with van der Waals surface area (Å²) in [5.41, 5.74) is 0.707. The Balaban J connectivity index is 1.32. The third-order valence-corrected chi connectivity index (χ3v) is 5.98. The number of hydrogen-bond acceptors (Lipinski definition) is 9. The van der Waals surface area contributed by atoms with Gasteiger partial charge in [0.1, 0.15) is 18.2 Å². The van der Waals surface area contributed by atoms with E-state index in [0.717, 1.165) is 11.8 Å². The molecule has 0 radical (unpaired) electrons. The zero-order valence-corrected chi connectivity index (χ0v) is 20.2. The van der Waals surface area contributed by atoms with Crippen LogP contribution < -0.4 is 14.8 Å². The van der Waals surface area contributed by atoms with Crippen LogP contribution in [0.5, 0.6) is 17.5 Å². The summed E-state index contributed by atoms with van der Waals surface area (Å²) in [6.45, 7) is 5.52. The van der Waals surface area contributed by atoms with Crippen LogP contribution in [0.2, 0.25) is 0 Å². The van der Waals surface area contributed by atoms with Crippen molar-refractivity contribution in [3.8, 4) is 17.5 Å². The molecule has 0 spiro atoms. The van der Waals surface area contributed by atoms with Gasteiger partial charge in [0.2, 0.25) is 11.8 Å². The Bertz CT molecular complexity index is 1130. The second-order valence-electron chi connectivity index (χ2n) is 8.50. The molecule has 2 aromatic rings. The number of imide groups is 1. The van der Waals surface area contributed by atoms with E-state index in [1.54, 1.807) is 41.3 Å². The SMILES string of the molecule is CC(C)COC(=O)N1CCC(Oc2cc(Oc3cccc(C=C4SC(=O)NC4=O)c3)ncn2)CC1. The smallest absolute Gasteiger partial charge is 0.409 e. The molecule has 2 saturated heterocycles. The summed E-state index contributed by atoms with van der Waals surface area (Å²) in [6.07, 6.45) is 3.95. The van der Waals surface area contributed by atoms with Crippen LogP contribution in [0.25, 0.3) is 6.08 Å². The van der Waals surface area contributed by atoms with Gasteiger partial charge in [-0.15, -0.1) is 0 Å². The number of likely N-dealkylation sites (tertiary alicyclic amines) is 1. The van der Waals surface area contributed by atoms with E-state index in [1.165, 1.54) is 6.33 Å². The van der Waals surface area contributed by atoms with Gasteiger partial charge in [-0.1, -0.05) is 26.0 Å². The van der Waals surface area contributed by atoms with Gasteiger partial charge in [0, 0.05) is 25.9 Å². The number of ether oxygens (including phenoxy) is 3. The van der Waals surface area contributed by atoms with Crippen molar-refractivity contribution in [2.75, 3.05) is 19.7 Å². The zero-order chi connectivity index (χ0) is 24.8. The molecular formula is C24H26N4O6S. The summed E-state index contributed by atoms with van der Waals surface area (Å²) in [7, 11) is 0. The molecule has 3 amide bonds. The maximum Gasteiger partial charge on any atom is 0.409 e. The van der Waals surface area contributed by atoms with Gasteiger partial charge in [-0.25, -0.2) is 14.8 Å². The molecule has 2 aliphatic rings. The molecule has 0 saturated carbocycles. The molecule has 35 heavy (non-hydrogen) atoms. The highest BCUT2D eigenvalue weighted by Gasteiger charge is 2.26. The van der Waals surface area contributed by atoms with Crippen LogP contribution in [0.3, 0.4) is 0 Å². The van der Waals surface area contributed by atoms with Crippen LogP contribution in [-0.2, 0) is 9.53 Å². The number of nitrogens with one attached hydrogen (secondary N) is 1. The summed E-state index contributed by atoms with van der Waals surface area (Å²) in [6, 6.07) is 8.68. The molecule has 3 heterocycles. The van der Waals surface area contributed by atoms with E-state index in [4.69, 9.17) is 14.2 Å². The molecule has 4 rings (SSSR count). The van der Waals surface area contributed by atoms with Crippen LogP contribution in [0.15, 0.2) is 41.6 Å². The quantitative estimate of drug-likeness (QED) is 0.559. The fourth-order valence-electron chi connectivity index (χ4n) is 3.46. The van der Waals surface area contributed by atoms with Crippen molar-refractivity contribution in [1.29, 1.82) is 0 Å². The Kier molecular flexibility index (Phi) is 7.86. The lowest BCUT2D eigenvalue weighted by atomic mass is 10.1. The maximum absolute atomic E-state index is 12.1. The van der Waals surface area contributed by atoms with Crippen molar-refractivity contribution in [2.45, 2.75) is 32.8 Å². The van der Waals surface area contributed by atoms with Crippen molar-refractivity contribution >= 4 is 35.1 Å². The fourth-order valence-corrected chi connectivity index (χ4v) is 4.14. The first-order valence-corrected chi connectivity index (χ1v) is 12.1. The lowest BCUT2D eigenvalue weighted by Crippen LogP contribution is -2.42. The summed E-state index contributed by atoms with van der Waals surface area (Å²) >= 11 is 0.857. The van der Waals surface area contributed by atoms with Crippen LogP contribution in [-0.4, -0.2) is 57.9 Å². The van der Waals surface area contributed by atoms with Crippen LogP contribution in [0.4, 0.5) is 9.59 Å². The van der Waals surface area contributed by atoms with Crippen LogP contribution in [0.1, 0.15) is 32.3 Å². The molecule has 2 aliphatic heterocycles. The van der Waals surface area contributed by atoms with E-state index in [-0.39, 0.29) is 17.4 Å². The topological polar surface area (TPSA) is 120 Å². The first kappa shape index (κ1) is 24.5. The Morgan fingerprint density at radius 2 is 1.97 bits per heavy atom. The summed E-state index contributed by atoms with van der Waals surface area (Å²) in [5.74, 6) is 1.07. The number of carbonyl (C=O) groups is 3. The monoisotopic (exact) mass is 498 g/mol. The summed E-state index contributed by atoms with van der Waals surface area (Å²) in [4.78, 5) is 45.6. The van der Waals surface area contributed by atoms with Crippen molar-refractivity contribution in [1.82, 2.24) is 20.2 Å². The Morgan fingerprint density at radius 3 is 2.69 bits per heavy atom. The number of nitrogens with zero attached hydrogens (tertiary/aromatic N) is 3. The zero-order valence-electron chi connectivity index (χ0n) is 19.4. The van der Waals surface area contributed by atoms with E-state index >= 15 is 0 Å². The van der Waals surface area contributed by atoms with Crippen molar-refractivity contribution in [3.63, 3.8) is 0 Å². The van der Waals surface area contributed by atoms with E-state index in [1.807, 2.05) is 13.8 Å². The van der Waals surface area contributed by atoms with Gasteiger partial charge >= 0.3 is 6.09 Å². The molecule has 1 aromatic carbocycles. The molecule has 0 bridgehead atoms. The Morgan fingerprint density at radius 1 is 1.20 bits per heavy atom. The minimum Gasteiger partial charge on any atom is -0.474 e. The molecule has 11 heteroatoms. The number of carbonyl (C=O) groups excluding carboxylic acids is 3. The van der Waals surface area contributed by atoms with Gasteiger partial charge in [-0.3, -0.25) is 14.9 Å². The molecule has 184 valence electrons. The molecule has 0 unspecified atom stereocenters. The van der Waals surface area contributed by atoms with Gasteiger partial charge in [0.05, 0.1) is 17.6 Å². The highest BCUT2D eigenvalue weighted by atomic mass is 32.2. The number of rotatable bonds is 7. The first-order valence-electron chi connectivity index (χ1n) is 11.3. The molecule has 1 N–H and O–H groups in total. The second kappa shape index (κ2) is 11.2. The van der Waals surface area contributed by atoms with Crippen LogP contribution in [0, 0.1) is 5.92 Å². The van der Waals surface area contributed by atoms with E-state index in [9.17, 15) is 14.4 Å². The van der Waals surface area contributed by atoms with Gasteiger partial charge in [0.25, 0.3) is 11.1 Å². The average Bonchev–Trinajstić information content (AvgIpc) is 3.14. The summed E-state index contributed by atoms with van der Waals surface area (Å²) < 4.78 is 17.1. The molecule has 1 aromatic heterocycles. The Hall–Kier alpha value is -3.60. The van der Waals surface area contributed by atoms with Gasteiger partial charge in [0.15, 0.2) is 0 Å². The molecule has 10 nitrogen and oxygen atoms in total. The molecule has 0 atom stereocenters. The molecule has 2 fully saturated rings. The lowest BCUT2D eigenvalue weighted by molar-refractivity contribution is -0.115. The van der Waals surface area contributed by atoms with E-state index in [0.29, 0.717) is 66.4 Å². The Labute approximate surface area is 207 Å². The number of thioether (sulfide) groups is 1. The van der Waals surface area contributed by atoms with Gasteiger partial charge in [-0.2, -0.15) is 0 Å². The largest absolute Gasteiger partial charge is 0.474 e. The number of aromatic nitrogens is 2. The number of hydrogen-bond donors (Lipinski definition) is 1. The van der Waals surface area contributed by atoms with Gasteiger partial charge in [-0.05, 0) is 41.5 Å². The van der Waals surface area contributed by atoms with Crippen molar-refractivity contribution in [3.05, 3.63) is 47.1 Å². The average molecular weight is 499 g/mol. The predicted molar refractivity (Wildman–Crippen MR) is 129 cm³/mol. The minimum atomic E-state index is -0.415. The standard InChI is InChI=1S/C24H26N4O6S/c1-15(2)13-32-24(31)28-8-6-17(7-9-28)33-20-12-21(26-14-25-20)34-18-5-3-4-16(10-18)11-19-22(29)27-23(30)35-19/h3-5,10-12,14-15,17H,6-9,13H2,1-2H3,(H,27,29,30). The van der Waals surface area contributed by atoms with Gasteiger partial charge < -0.3 is 19.1 Å². The maximum atomic E-state index is 12.1. The fraction of sp³-hybridized carbons (Fsp3) is 0.375. The summed E-state index contributed by atoms with van der Waals surface area (Å²) in [5, 5.41) is 1.84. The highest BCUT2D eigenvalue weighted by molar-refractivity contribution is 8.18. The van der Waals surface area contributed by atoms with Crippen molar-refractivity contribution in [2.24, 2.45) is 5.92 Å². The number of benzene rings is 1. The number of piperidine rings is 1. The van der Waals surface area contributed by atoms with Crippen LogP contribution >= 0.6 is 11.8 Å². The second-order valence-corrected chi connectivity index (χ2v) is 9.51. The normalized spacial score (nSPS) is 17.6. The first-order chi connectivity index (χ1) is 16.9. The molecular weight excluding hydrogens is 472 g/mol. The van der Waals surface area contributed by atoms with E-state index in [2.05, 4.69) is 15.3 Å².